The van der Waals surface area contributed by atoms with Gasteiger partial charge in [-0.3, -0.25) is 10.1 Å². The molecular formula is C18H25NO2. The Balaban J connectivity index is 0.00000106. The molecule has 3 nitrogen and oxygen atoms in total. The molecule has 0 aromatic heterocycles. The maximum atomic E-state index is 11.1. The van der Waals surface area contributed by atoms with Crippen molar-refractivity contribution in [3.8, 4) is 0 Å². The highest BCUT2D eigenvalue weighted by atomic mass is 16.6. The van der Waals surface area contributed by atoms with Crippen LogP contribution in [0.5, 0.6) is 0 Å². The molecule has 0 radical (unpaired) electrons. The second-order valence-corrected chi connectivity index (χ2v) is 4.94. The number of nitro benzene ring substituents is 1. The van der Waals surface area contributed by atoms with Crippen molar-refractivity contribution in [2.75, 3.05) is 0 Å². The lowest BCUT2D eigenvalue weighted by atomic mass is 9.89. The second-order valence-electron chi connectivity index (χ2n) is 4.94. The van der Waals surface area contributed by atoms with Gasteiger partial charge in [0.15, 0.2) is 0 Å². The normalized spacial score (nSPS) is 14.4. The summed E-state index contributed by atoms with van der Waals surface area (Å²) < 4.78 is 0. The smallest absolute Gasteiger partial charge is 0.258 e. The van der Waals surface area contributed by atoms with Crippen LogP contribution in [-0.2, 0) is 0 Å². The van der Waals surface area contributed by atoms with E-state index in [4.69, 9.17) is 0 Å². The number of hydrogen-bond donors (Lipinski definition) is 0. The molecule has 0 heterocycles. The Bertz CT molecular complexity index is 557. The number of non-ortho nitro benzene ring substituents is 1. The van der Waals surface area contributed by atoms with Gasteiger partial charge in [0.25, 0.3) is 5.69 Å². The molecule has 0 saturated heterocycles. The molecule has 21 heavy (non-hydrogen) atoms. The Morgan fingerprint density at radius 3 is 2.48 bits per heavy atom. The zero-order valence-corrected chi connectivity index (χ0v) is 13.5. The van der Waals surface area contributed by atoms with E-state index in [9.17, 15) is 10.1 Å². The summed E-state index contributed by atoms with van der Waals surface area (Å²) in [5.41, 5.74) is 4.57. The van der Waals surface area contributed by atoms with Crippen LogP contribution >= 0.6 is 0 Å². The molecule has 0 spiro atoms. The number of hydrogen-bond acceptors (Lipinski definition) is 2. The van der Waals surface area contributed by atoms with E-state index >= 15 is 0 Å². The van der Waals surface area contributed by atoms with E-state index in [1.165, 1.54) is 18.4 Å². The van der Waals surface area contributed by atoms with Gasteiger partial charge in [0.1, 0.15) is 0 Å². The Labute approximate surface area is 127 Å². The Morgan fingerprint density at radius 1 is 1.24 bits per heavy atom. The fraction of sp³-hybridized carbons (Fsp3) is 0.444. The minimum Gasteiger partial charge on any atom is -0.258 e. The number of nitrogens with zero attached hydrogens (tertiary/aromatic N) is 1. The summed E-state index contributed by atoms with van der Waals surface area (Å²) in [5.74, 6) is 0. The van der Waals surface area contributed by atoms with Gasteiger partial charge in [-0.15, -0.1) is 0 Å². The average molecular weight is 287 g/mol. The molecule has 0 fully saturated rings. The summed E-state index contributed by atoms with van der Waals surface area (Å²) in [7, 11) is 0. The van der Waals surface area contributed by atoms with Crippen LogP contribution in [0.3, 0.4) is 0 Å². The third-order valence-electron chi connectivity index (χ3n) is 3.63. The number of benzene rings is 1. The summed E-state index contributed by atoms with van der Waals surface area (Å²) in [6.07, 6.45) is 10.6. The lowest BCUT2D eigenvalue weighted by Crippen LogP contribution is -1.99. The summed E-state index contributed by atoms with van der Waals surface area (Å²) in [6.45, 7) is 7.97. The maximum absolute atomic E-state index is 11.1. The first-order valence-corrected chi connectivity index (χ1v) is 7.74. The first-order valence-electron chi connectivity index (χ1n) is 7.74. The van der Waals surface area contributed by atoms with Crippen molar-refractivity contribution < 1.29 is 4.92 Å². The SMILES string of the molecule is C/C=C\c1cc([N+](=O)[O-])cc(C2=CCCCC2)c1C.CC. The molecule has 1 aromatic rings. The summed E-state index contributed by atoms with van der Waals surface area (Å²) in [6, 6.07) is 3.38. The first kappa shape index (κ1) is 17.2. The van der Waals surface area contributed by atoms with Crippen molar-refractivity contribution in [3.05, 3.63) is 51.1 Å². The van der Waals surface area contributed by atoms with Gasteiger partial charge >= 0.3 is 0 Å². The molecule has 114 valence electrons. The zero-order chi connectivity index (χ0) is 15.8. The molecule has 0 amide bonds. The van der Waals surface area contributed by atoms with E-state index in [0.29, 0.717) is 0 Å². The van der Waals surface area contributed by atoms with Crippen molar-refractivity contribution >= 4 is 17.3 Å². The molecule has 2 rings (SSSR count). The zero-order valence-electron chi connectivity index (χ0n) is 13.5. The van der Waals surface area contributed by atoms with Crippen LogP contribution in [0.4, 0.5) is 5.69 Å². The lowest BCUT2D eigenvalue weighted by molar-refractivity contribution is -0.384. The largest absolute Gasteiger partial charge is 0.270 e. The Morgan fingerprint density at radius 2 is 1.95 bits per heavy atom. The van der Waals surface area contributed by atoms with Crippen LogP contribution in [0, 0.1) is 17.0 Å². The highest BCUT2D eigenvalue weighted by Gasteiger charge is 2.16. The van der Waals surface area contributed by atoms with Crippen molar-refractivity contribution in [2.45, 2.75) is 53.4 Å². The third-order valence-corrected chi connectivity index (χ3v) is 3.63. The quantitative estimate of drug-likeness (QED) is 0.511. The monoisotopic (exact) mass is 287 g/mol. The van der Waals surface area contributed by atoms with Gasteiger partial charge in [-0.2, -0.15) is 0 Å². The molecular weight excluding hydrogens is 262 g/mol. The fourth-order valence-corrected chi connectivity index (χ4v) is 2.60. The predicted molar refractivity (Wildman–Crippen MR) is 90.3 cm³/mol. The summed E-state index contributed by atoms with van der Waals surface area (Å²) >= 11 is 0. The van der Waals surface area contributed by atoms with E-state index < -0.39 is 0 Å². The summed E-state index contributed by atoms with van der Waals surface area (Å²) in [4.78, 5) is 10.8. The van der Waals surface area contributed by atoms with Gasteiger partial charge in [-0.05, 0) is 61.8 Å². The Hall–Kier alpha value is -1.90. The molecule has 0 N–H and O–H groups in total. The number of allylic oxidation sites excluding steroid dienone is 3. The molecule has 3 heteroatoms. The van der Waals surface area contributed by atoms with Crippen LogP contribution in [0.25, 0.3) is 11.6 Å². The van der Waals surface area contributed by atoms with Gasteiger partial charge in [0, 0.05) is 12.1 Å². The topological polar surface area (TPSA) is 43.1 Å². The second kappa shape index (κ2) is 8.40. The summed E-state index contributed by atoms with van der Waals surface area (Å²) in [5, 5.41) is 11.1. The average Bonchev–Trinajstić information content (AvgIpc) is 2.52. The van der Waals surface area contributed by atoms with Crippen LogP contribution < -0.4 is 0 Å². The molecule has 0 bridgehead atoms. The van der Waals surface area contributed by atoms with Crippen LogP contribution in [0.2, 0.25) is 0 Å². The molecule has 0 atom stereocenters. The molecule has 0 saturated carbocycles. The van der Waals surface area contributed by atoms with E-state index in [1.54, 1.807) is 12.1 Å². The predicted octanol–water partition coefficient (Wildman–Crippen LogP) is 5.92. The standard InChI is InChI=1S/C16H19NO2.C2H6/c1-3-7-14-10-15(17(18)19)11-16(12(14)2)13-8-5-4-6-9-13;1-2/h3,7-8,10-11H,4-6,9H2,1-2H3;1-2H3/b7-3-;. The van der Waals surface area contributed by atoms with Crippen LogP contribution in [0.15, 0.2) is 24.3 Å². The van der Waals surface area contributed by atoms with Crippen molar-refractivity contribution in [1.82, 2.24) is 0 Å². The highest BCUT2D eigenvalue weighted by Crippen LogP contribution is 2.33. The molecule has 0 aliphatic heterocycles. The van der Waals surface area contributed by atoms with Gasteiger partial charge in [0.2, 0.25) is 0 Å². The molecule has 0 unspecified atom stereocenters. The number of nitro groups is 1. The van der Waals surface area contributed by atoms with Crippen molar-refractivity contribution in [2.24, 2.45) is 0 Å². The van der Waals surface area contributed by atoms with Crippen molar-refractivity contribution in [1.29, 1.82) is 0 Å². The van der Waals surface area contributed by atoms with Gasteiger partial charge < -0.3 is 0 Å². The van der Waals surface area contributed by atoms with Gasteiger partial charge in [-0.1, -0.05) is 32.1 Å². The van der Waals surface area contributed by atoms with E-state index in [0.717, 1.165) is 29.5 Å². The van der Waals surface area contributed by atoms with Crippen LogP contribution in [-0.4, -0.2) is 4.92 Å². The van der Waals surface area contributed by atoms with E-state index in [2.05, 4.69) is 6.08 Å². The highest BCUT2D eigenvalue weighted by molar-refractivity contribution is 5.75. The Kier molecular flexibility index (Phi) is 6.86. The minimum atomic E-state index is -0.306. The molecule has 1 aliphatic rings. The van der Waals surface area contributed by atoms with Gasteiger partial charge in [0.05, 0.1) is 4.92 Å². The molecule has 1 aromatic carbocycles. The minimum absolute atomic E-state index is 0.181. The number of rotatable bonds is 3. The van der Waals surface area contributed by atoms with Crippen LogP contribution in [0.1, 0.15) is 63.1 Å². The molecule has 1 aliphatic carbocycles. The maximum Gasteiger partial charge on any atom is 0.270 e. The first-order chi connectivity index (χ1) is 10.1. The van der Waals surface area contributed by atoms with Crippen molar-refractivity contribution in [3.63, 3.8) is 0 Å². The fourth-order valence-electron chi connectivity index (χ4n) is 2.60. The van der Waals surface area contributed by atoms with E-state index in [-0.39, 0.29) is 10.6 Å². The van der Waals surface area contributed by atoms with Gasteiger partial charge in [-0.25, -0.2) is 0 Å². The third kappa shape index (κ3) is 4.28. The lowest BCUT2D eigenvalue weighted by Gasteiger charge is -2.16. The van der Waals surface area contributed by atoms with E-state index in [1.807, 2.05) is 39.8 Å².